The van der Waals surface area contributed by atoms with Crippen LogP contribution in [-0.4, -0.2) is 37.2 Å². The molecule has 0 bridgehead atoms. The summed E-state index contributed by atoms with van der Waals surface area (Å²) in [4.78, 5) is 18.8. The van der Waals surface area contributed by atoms with Crippen molar-refractivity contribution in [1.82, 2.24) is 4.98 Å². The third kappa shape index (κ3) is 3.88. The number of hydrogen-bond acceptors (Lipinski definition) is 4. The highest BCUT2D eigenvalue weighted by Crippen LogP contribution is 2.33. The van der Waals surface area contributed by atoms with Gasteiger partial charge < -0.3 is 15.4 Å². The molecule has 26 heavy (non-hydrogen) atoms. The number of ether oxygens (including phenoxy) is 1. The summed E-state index contributed by atoms with van der Waals surface area (Å²) in [5.74, 6) is 0.651. The Labute approximate surface area is 155 Å². The third-order valence-electron chi connectivity index (χ3n) is 5.04. The zero-order chi connectivity index (χ0) is 18.7. The van der Waals surface area contributed by atoms with Gasteiger partial charge in [-0.05, 0) is 41.7 Å². The first-order valence-electron chi connectivity index (χ1n) is 9.06. The van der Waals surface area contributed by atoms with E-state index in [4.69, 9.17) is 10.5 Å². The van der Waals surface area contributed by atoms with Crippen LogP contribution < -0.4 is 10.6 Å². The summed E-state index contributed by atoms with van der Waals surface area (Å²) in [5.41, 5.74) is 9.50. The molecule has 0 radical (unpaired) electrons. The van der Waals surface area contributed by atoms with Gasteiger partial charge in [0.2, 0.25) is 5.91 Å². The van der Waals surface area contributed by atoms with Gasteiger partial charge in [0.1, 0.15) is 5.82 Å². The number of aromatic nitrogens is 1. The van der Waals surface area contributed by atoms with Crippen LogP contribution in [-0.2, 0) is 16.0 Å². The van der Waals surface area contributed by atoms with E-state index < -0.39 is 5.41 Å². The number of hydrogen-bond donors (Lipinski definition) is 1. The molecule has 5 nitrogen and oxygen atoms in total. The maximum Gasteiger partial charge on any atom is 0.223 e. The molecule has 0 atom stereocenters. The van der Waals surface area contributed by atoms with Crippen LogP contribution in [0.25, 0.3) is 11.1 Å². The van der Waals surface area contributed by atoms with Crippen LogP contribution in [0.4, 0.5) is 5.82 Å². The normalized spacial score (nSPS) is 15.1. The SMILES string of the molecule is Cc1ccccc1-c1cc(N2CCOCC2)ncc1CC(C)(C)C(N)=O. The molecule has 0 aliphatic carbocycles. The fraction of sp³-hybridized carbons (Fsp3) is 0.429. The van der Waals surface area contributed by atoms with Crippen LogP contribution in [0.2, 0.25) is 0 Å². The maximum atomic E-state index is 11.8. The Morgan fingerprint density at radius 3 is 2.58 bits per heavy atom. The topological polar surface area (TPSA) is 68.4 Å². The molecule has 1 amide bonds. The lowest BCUT2D eigenvalue weighted by Gasteiger charge is -2.29. The van der Waals surface area contributed by atoms with E-state index in [2.05, 4.69) is 35.0 Å². The molecule has 0 spiro atoms. The van der Waals surface area contributed by atoms with E-state index in [0.717, 1.165) is 43.2 Å². The van der Waals surface area contributed by atoms with E-state index >= 15 is 0 Å². The molecule has 1 fully saturated rings. The van der Waals surface area contributed by atoms with Crippen molar-refractivity contribution in [1.29, 1.82) is 0 Å². The number of carbonyl (C=O) groups is 1. The minimum absolute atomic E-state index is 0.300. The molecule has 1 aromatic carbocycles. The molecule has 1 aliphatic heterocycles. The van der Waals surface area contributed by atoms with Gasteiger partial charge in [0, 0.05) is 24.7 Å². The Balaban J connectivity index is 2.06. The van der Waals surface area contributed by atoms with E-state index in [1.807, 2.05) is 32.2 Å². The van der Waals surface area contributed by atoms with Crippen molar-refractivity contribution in [2.24, 2.45) is 11.1 Å². The first kappa shape index (κ1) is 18.4. The van der Waals surface area contributed by atoms with Crippen molar-refractivity contribution in [3.63, 3.8) is 0 Å². The predicted molar refractivity (Wildman–Crippen MR) is 104 cm³/mol. The summed E-state index contributed by atoms with van der Waals surface area (Å²) in [5, 5.41) is 0. The van der Waals surface area contributed by atoms with Gasteiger partial charge in [0.25, 0.3) is 0 Å². The predicted octanol–water partition coefficient (Wildman–Crippen LogP) is 2.95. The number of pyridine rings is 1. The number of morpholine rings is 1. The van der Waals surface area contributed by atoms with E-state index in [1.165, 1.54) is 11.1 Å². The molecular formula is C21H27N3O2. The van der Waals surface area contributed by atoms with Crippen LogP contribution in [0.5, 0.6) is 0 Å². The molecule has 2 aromatic rings. The fourth-order valence-corrected chi connectivity index (χ4v) is 3.27. The molecule has 3 rings (SSSR count). The molecule has 1 saturated heterocycles. The van der Waals surface area contributed by atoms with Crippen molar-refractivity contribution in [2.75, 3.05) is 31.2 Å². The number of benzene rings is 1. The van der Waals surface area contributed by atoms with Crippen LogP contribution in [0.1, 0.15) is 25.0 Å². The summed E-state index contributed by atoms with van der Waals surface area (Å²) in [6.07, 6.45) is 2.46. The van der Waals surface area contributed by atoms with Gasteiger partial charge in [-0.15, -0.1) is 0 Å². The Morgan fingerprint density at radius 1 is 1.23 bits per heavy atom. The number of amides is 1. The molecule has 2 heterocycles. The summed E-state index contributed by atoms with van der Waals surface area (Å²) in [6, 6.07) is 10.4. The summed E-state index contributed by atoms with van der Waals surface area (Å²) >= 11 is 0. The first-order chi connectivity index (χ1) is 12.4. The molecule has 1 aliphatic rings. The van der Waals surface area contributed by atoms with Crippen molar-refractivity contribution in [2.45, 2.75) is 27.2 Å². The molecule has 2 N–H and O–H groups in total. The Kier molecular flexibility index (Phi) is 5.28. The largest absolute Gasteiger partial charge is 0.378 e. The second-order valence-corrected chi connectivity index (χ2v) is 7.54. The summed E-state index contributed by atoms with van der Waals surface area (Å²) < 4.78 is 5.45. The molecule has 0 saturated carbocycles. The van der Waals surface area contributed by atoms with Gasteiger partial charge in [0.05, 0.1) is 13.2 Å². The second kappa shape index (κ2) is 7.46. The van der Waals surface area contributed by atoms with Gasteiger partial charge >= 0.3 is 0 Å². The highest BCUT2D eigenvalue weighted by atomic mass is 16.5. The lowest BCUT2D eigenvalue weighted by molar-refractivity contribution is -0.125. The van der Waals surface area contributed by atoms with Crippen LogP contribution in [0, 0.1) is 12.3 Å². The number of rotatable bonds is 5. The van der Waals surface area contributed by atoms with Crippen LogP contribution in [0.15, 0.2) is 36.5 Å². The Morgan fingerprint density at radius 2 is 1.92 bits per heavy atom. The number of nitrogens with two attached hydrogens (primary N) is 1. The minimum atomic E-state index is -0.625. The van der Waals surface area contributed by atoms with E-state index in [1.54, 1.807) is 0 Å². The van der Waals surface area contributed by atoms with Crippen molar-refractivity contribution in [3.05, 3.63) is 47.7 Å². The van der Waals surface area contributed by atoms with E-state index in [-0.39, 0.29) is 5.91 Å². The zero-order valence-electron chi connectivity index (χ0n) is 15.8. The fourth-order valence-electron chi connectivity index (χ4n) is 3.27. The van der Waals surface area contributed by atoms with Gasteiger partial charge in [-0.3, -0.25) is 4.79 Å². The molecule has 0 unspecified atom stereocenters. The van der Waals surface area contributed by atoms with Crippen LogP contribution >= 0.6 is 0 Å². The van der Waals surface area contributed by atoms with Gasteiger partial charge in [-0.2, -0.15) is 0 Å². The number of carbonyl (C=O) groups excluding carboxylic acids is 1. The molecule has 1 aromatic heterocycles. The Bertz CT molecular complexity index is 796. The number of aryl methyl sites for hydroxylation is 1. The first-order valence-corrected chi connectivity index (χ1v) is 9.06. The van der Waals surface area contributed by atoms with Crippen molar-refractivity contribution >= 4 is 11.7 Å². The number of nitrogens with zero attached hydrogens (tertiary/aromatic N) is 2. The van der Waals surface area contributed by atoms with Gasteiger partial charge in [-0.1, -0.05) is 38.1 Å². The van der Waals surface area contributed by atoms with Crippen LogP contribution in [0.3, 0.4) is 0 Å². The summed E-state index contributed by atoms with van der Waals surface area (Å²) in [7, 11) is 0. The van der Waals surface area contributed by atoms with E-state index in [0.29, 0.717) is 6.42 Å². The average molecular weight is 353 g/mol. The van der Waals surface area contributed by atoms with Crippen molar-refractivity contribution < 1.29 is 9.53 Å². The third-order valence-corrected chi connectivity index (χ3v) is 5.04. The molecule has 138 valence electrons. The highest BCUT2D eigenvalue weighted by molar-refractivity contribution is 5.81. The molecular weight excluding hydrogens is 326 g/mol. The lowest BCUT2D eigenvalue weighted by atomic mass is 9.82. The highest BCUT2D eigenvalue weighted by Gasteiger charge is 2.27. The Hall–Kier alpha value is -2.40. The molecule has 5 heteroatoms. The second-order valence-electron chi connectivity index (χ2n) is 7.54. The minimum Gasteiger partial charge on any atom is -0.378 e. The van der Waals surface area contributed by atoms with Gasteiger partial charge in [-0.25, -0.2) is 4.98 Å². The quantitative estimate of drug-likeness (QED) is 0.897. The zero-order valence-corrected chi connectivity index (χ0v) is 15.8. The van der Waals surface area contributed by atoms with Gasteiger partial charge in [0.15, 0.2) is 0 Å². The average Bonchev–Trinajstić information content (AvgIpc) is 2.63. The smallest absolute Gasteiger partial charge is 0.223 e. The maximum absolute atomic E-state index is 11.8. The number of anilines is 1. The number of primary amides is 1. The lowest BCUT2D eigenvalue weighted by Crippen LogP contribution is -2.37. The van der Waals surface area contributed by atoms with E-state index in [9.17, 15) is 4.79 Å². The van der Waals surface area contributed by atoms with Crippen molar-refractivity contribution in [3.8, 4) is 11.1 Å². The summed E-state index contributed by atoms with van der Waals surface area (Å²) in [6.45, 7) is 8.99. The monoisotopic (exact) mass is 353 g/mol. The standard InChI is InChI=1S/C21H27N3O2/c1-15-6-4-5-7-17(15)18-12-19(24-8-10-26-11-9-24)23-14-16(18)13-21(2,3)20(22)25/h4-7,12,14H,8-11,13H2,1-3H3,(H2,22,25).